The van der Waals surface area contributed by atoms with E-state index in [4.69, 9.17) is 5.11 Å². The van der Waals surface area contributed by atoms with E-state index in [1.807, 2.05) is 20.8 Å². The van der Waals surface area contributed by atoms with Crippen LogP contribution in [0.2, 0.25) is 0 Å². The first-order valence-corrected chi connectivity index (χ1v) is 6.79. The number of nitrogens with zero attached hydrogens (tertiary/aromatic N) is 3. The molecule has 1 atom stereocenters. The third kappa shape index (κ3) is 4.25. The summed E-state index contributed by atoms with van der Waals surface area (Å²) in [6.07, 6.45) is 3.80. The Morgan fingerprint density at radius 2 is 2.20 bits per heavy atom. The fourth-order valence-electron chi connectivity index (χ4n) is 1.86. The predicted octanol–water partition coefficient (Wildman–Crippen LogP) is 1.41. The van der Waals surface area contributed by atoms with Crippen molar-refractivity contribution in [2.45, 2.75) is 39.8 Å². The molecule has 20 heavy (non-hydrogen) atoms. The van der Waals surface area contributed by atoms with Crippen molar-refractivity contribution in [2.24, 2.45) is 0 Å². The van der Waals surface area contributed by atoms with Crippen LogP contribution in [0.15, 0.2) is 12.5 Å². The molecule has 0 spiro atoms. The lowest BCUT2D eigenvalue weighted by Crippen LogP contribution is -2.45. The average molecular weight is 282 g/mol. The van der Waals surface area contributed by atoms with Crippen LogP contribution in [0.4, 0.5) is 4.79 Å². The third-order valence-corrected chi connectivity index (χ3v) is 3.22. The molecule has 0 aliphatic carbocycles. The maximum absolute atomic E-state index is 12.0. The van der Waals surface area contributed by atoms with Gasteiger partial charge in [0, 0.05) is 31.9 Å². The normalized spacial score (nSPS) is 11.9. The fraction of sp³-hybridized carbons (Fsp3) is 0.615. The highest BCUT2D eigenvalue weighted by Crippen LogP contribution is 2.03. The molecule has 0 saturated heterocycles. The lowest BCUT2D eigenvalue weighted by molar-refractivity contribution is 0.0691. The van der Waals surface area contributed by atoms with E-state index < -0.39 is 5.97 Å². The van der Waals surface area contributed by atoms with Gasteiger partial charge in [0.1, 0.15) is 0 Å². The molecule has 0 aromatic carbocycles. The fourth-order valence-corrected chi connectivity index (χ4v) is 1.86. The second-order valence-electron chi connectivity index (χ2n) is 4.58. The second kappa shape index (κ2) is 7.52. The highest BCUT2D eigenvalue weighted by Gasteiger charge is 2.16. The Morgan fingerprint density at radius 3 is 2.70 bits per heavy atom. The number of aromatic nitrogens is 2. The van der Waals surface area contributed by atoms with E-state index in [0.29, 0.717) is 19.6 Å². The van der Waals surface area contributed by atoms with E-state index in [-0.39, 0.29) is 17.8 Å². The first-order valence-electron chi connectivity index (χ1n) is 6.79. The molecule has 1 aromatic heterocycles. The summed E-state index contributed by atoms with van der Waals surface area (Å²) in [7, 11) is 0. The maximum atomic E-state index is 12.0. The molecule has 112 valence electrons. The van der Waals surface area contributed by atoms with E-state index in [9.17, 15) is 9.59 Å². The SMILES string of the molecule is CCC(C)N(CC)C(=O)NCCn1cnc(C(=O)O)c1. The molecule has 0 bridgehead atoms. The molecule has 0 radical (unpaired) electrons. The number of hydrogen-bond acceptors (Lipinski definition) is 3. The van der Waals surface area contributed by atoms with Crippen molar-refractivity contribution in [2.75, 3.05) is 13.1 Å². The largest absolute Gasteiger partial charge is 0.476 e. The van der Waals surface area contributed by atoms with Crippen LogP contribution in [-0.2, 0) is 6.54 Å². The van der Waals surface area contributed by atoms with Gasteiger partial charge in [-0.1, -0.05) is 6.92 Å². The molecule has 0 aliphatic heterocycles. The predicted molar refractivity (Wildman–Crippen MR) is 74.7 cm³/mol. The highest BCUT2D eigenvalue weighted by atomic mass is 16.4. The smallest absolute Gasteiger partial charge is 0.356 e. The number of urea groups is 1. The zero-order chi connectivity index (χ0) is 15.1. The molecule has 0 fully saturated rings. The molecule has 7 heteroatoms. The monoisotopic (exact) mass is 282 g/mol. The molecule has 1 aromatic rings. The quantitative estimate of drug-likeness (QED) is 0.791. The Hall–Kier alpha value is -2.05. The number of carbonyl (C=O) groups excluding carboxylic acids is 1. The standard InChI is InChI=1S/C13H22N4O3/c1-4-10(3)17(5-2)13(20)14-6-7-16-8-11(12(18)19)15-9-16/h8-10H,4-7H2,1-3H3,(H,14,20)(H,18,19). The number of aromatic carboxylic acids is 1. The van der Waals surface area contributed by atoms with Crippen LogP contribution < -0.4 is 5.32 Å². The van der Waals surface area contributed by atoms with E-state index in [1.165, 1.54) is 12.5 Å². The number of carbonyl (C=O) groups is 2. The molecule has 0 aliphatic rings. The molecule has 7 nitrogen and oxygen atoms in total. The van der Waals surface area contributed by atoms with Crippen molar-refractivity contribution in [3.05, 3.63) is 18.2 Å². The van der Waals surface area contributed by atoms with Crippen LogP contribution >= 0.6 is 0 Å². The topological polar surface area (TPSA) is 87.5 Å². The van der Waals surface area contributed by atoms with Crippen molar-refractivity contribution >= 4 is 12.0 Å². The Bertz CT molecular complexity index is 458. The molecular formula is C13H22N4O3. The van der Waals surface area contributed by atoms with Crippen LogP contribution in [0.5, 0.6) is 0 Å². The molecular weight excluding hydrogens is 260 g/mol. The van der Waals surface area contributed by atoms with E-state index in [0.717, 1.165) is 6.42 Å². The van der Waals surface area contributed by atoms with Gasteiger partial charge in [-0.3, -0.25) is 0 Å². The van der Waals surface area contributed by atoms with Gasteiger partial charge in [0.25, 0.3) is 0 Å². The number of carboxylic acids is 1. The average Bonchev–Trinajstić information content (AvgIpc) is 2.88. The lowest BCUT2D eigenvalue weighted by Gasteiger charge is -2.27. The Balaban J connectivity index is 2.42. The van der Waals surface area contributed by atoms with Crippen molar-refractivity contribution in [1.29, 1.82) is 0 Å². The Labute approximate surface area is 118 Å². The van der Waals surface area contributed by atoms with Crippen LogP contribution in [0.1, 0.15) is 37.7 Å². The van der Waals surface area contributed by atoms with Gasteiger partial charge in [0.05, 0.1) is 6.33 Å². The molecule has 1 unspecified atom stereocenters. The summed E-state index contributed by atoms with van der Waals surface area (Å²) in [5, 5.41) is 11.6. The number of hydrogen-bond donors (Lipinski definition) is 2. The van der Waals surface area contributed by atoms with Crippen molar-refractivity contribution in [1.82, 2.24) is 19.8 Å². The van der Waals surface area contributed by atoms with Crippen molar-refractivity contribution in [3.8, 4) is 0 Å². The summed E-state index contributed by atoms with van der Waals surface area (Å²) in [5.74, 6) is -1.05. The zero-order valence-corrected chi connectivity index (χ0v) is 12.2. The van der Waals surface area contributed by atoms with Gasteiger partial charge in [-0.15, -0.1) is 0 Å². The molecule has 2 N–H and O–H groups in total. The van der Waals surface area contributed by atoms with E-state index in [1.54, 1.807) is 9.47 Å². The van der Waals surface area contributed by atoms with E-state index in [2.05, 4.69) is 10.3 Å². The summed E-state index contributed by atoms with van der Waals surface area (Å²) in [4.78, 5) is 28.2. The minimum absolute atomic E-state index is 0.00566. The van der Waals surface area contributed by atoms with Gasteiger partial charge in [-0.2, -0.15) is 0 Å². The Kier molecular flexibility index (Phi) is 6.02. The van der Waals surface area contributed by atoms with Gasteiger partial charge in [-0.25, -0.2) is 14.6 Å². The second-order valence-corrected chi connectivity index (χ2v) is 4.58. The van der Waals surface area contributed by atoms with Gasteiger partial charge in [-0.05, 0) is 20.3 Å². The van der Waals surface area contributed by atoms with Crippen molar-refractivity contribution < 1.29 is 14.7 Å². The maximum Gasteiger partial charge on any atom is 0.356 e. The highest BCUT2D eigenvalue weighted by molar-refractivity contribution is 5.84. The lowest BCUT2D eigenvalue weighted by atomic mass is 10.2. The first kappa shape index (κ1) is 16.0. The summed E-state index contributed by atoms with van der Waals surface area (Å²) < 4.78 is 1.64. The number of carboxylic acid groups (broad SMARTS) is 1. The minimum atomic E-state index is -1.05. The van der Waals surface area contributed by atoms with Crippen molar-refractivity contribution in [3.63, 3.8) is 0 Å². The van der Waals surface area contributed by atoms with Gasteiger partial charge >= 0.3 is 12.0 Å². The van der Waals surface area contributed by atoms with Crippen LogP contribution in [0.25, 0.3) is 0 Å². The minimum Gasteiger partial charge on any atom is -0.476 e. The summed E-state index contributed by atoms with van der Waals surface area (Å²) in [6.45, 7) is 7.58. The van der Waals surface area contributed by atoms with Crippen LogP contribution in [0, 0.1) is 0 Å². The number of amides is 2. The van der Waals surface area contributed by atoms with Crippen LogP contribution in [0.3, 0.4) is 0 Å². The molecule has 1 rings (SSSR count). The van der Waals surface area contributed by atoms with E-state index >= 15 is 0 Å². The summed E-state index contributed by atoms with van der Waals surface area (Å²) >= 11 is 0. The first-order chi connectivity index (χ1) is 9.49. The molecule has 0 saturated carbocycles. The third-order valence-electron chi connectivity index (χ3n) is 3.22. The zero-order valence-electron chi connectivity index (χ0n) is 12.2. The summed E-state index contributed by atoms with van der Waals surface area (Å²) in [5.41, 5.74) is 0.00566. The van der Waals surface area contributed by atoms with Gasteiger partial charge in [0.15, 0.2) is 5.69 Å². The molecule has 1 heterocycles. The van der Waals surface area contributed by atoms with Gasteiger partial charge < -0.3 is 19.9 Å². The van der Waals surface area contributed by atoms with Crippen LogP contribution in [-0.4, -0.2) is 50.7 Å². The van der Waals surface area contributed by atoms with Gasteiger partial charge in [0.2, 0.25) is 0 Å². The number of rotatable bonds is 7. The Morgan fingerprint density at radius 1 is 1.50 bits per heavy atom. The molecule has 2 amide bonds. The number of imidazole rings is 1. The number of nitrogens with one attached hydrogen (secondary N) is 1. The summed E-state index contributed by atoms with van der Waals surface area (Å²) in [6, 6.07) is 0.104.